The molecule has 1 unspecified atom stereocenters. The van der Waals surface area contributed by atoms with Crippen molar-refractivity contribution in [3.05, 3.63) is 36.3 Å². The topological polar surface area (TPSA) is 28.2 Å². The highest BCUT2D eigenvalue weighted by Crippen LogP contribution is 2.34. The van der Waals surface area contributed by atoms with Crippen molar-refractivity contribution >= 4 is 16.6 Å². The van der Waals surface area contributed by atoms with Gasteiger partial charge in [-0.1, -0.05) is 6.42 Å². The van der Waals surface area contributed by atoms with E-state index in [2.05, 4.69) is 15.2 Å². The van der Waals surface area contributed by atoms with Crippen LogP contribution in [0.5, 0.6) is 0 Å². The van der Waals surface area contributed by atoms with Gasteiger partial charge in [0.25, 0.3) is 0 Å². The lowest BCUT2D eigenvalue weighted by Crippen LogP contribution is -2.50. The van der Waals surface area contributed by atoms with Gasteiger partial charge in [0.2, 0.25) is 0 Å². The molecule has 2 fully saturated rings. The average Bonchev–Trinajstić information content (AvgIpc) is 2.90. The van der Waals surface area contributed by atoms with E-state index in [1.165, 1.54) is 31.7 Å². The molecule has 0 bridgehead atoms. The van der Waals surface area contributed by atoms with E-state index in [9.17, 15) is 4.39 Å². The molecule has 1 spiro atoms. The van der Waals surface area contributed by atoms with Crippen LogP contribution in [0, 0.1) is 5.82 Å². The van der Waals surface area contributed by atoms with E-state index in [4.69, 9.17) is 0 Å². The van der Waals surface area contributed by atoms with Crippen molar-refractivity contribution in [2.75, 3.05) is 24.5 Å². The molecule has 1 atom stereocenters. The molecule has 4 rings (SSSR count). The lowest BCUT2D eigenvalue weighted by atomic mass is 9.88. The fourth-order valence-electron chi connectivity index (χ4n) is 3.82. The smallest absolute Gasteiger partial charge is 0.136 e. The number of nitrogens with zero attached hydrogens (tertiary/aromatic N) is 2. The highest BCUT2D eigenvalue weighted by atomic mass is 19.1. The van der Waals surface area contributed by atoms with Crippen molar-refractivity contribution in [1.82, 2.24) is 10.3 Å². The van der Waals surface area contributed by atoms with E-state index in [0.717, 1.165) is 36.2 Å². The van der Waals surface area contributed by atoms with Gasteiger partial charge in [-0.25, -0.2) is 9.37 Å². The second kappa shape index (κ2) is 4.95. The number of hydrogen-bond acceptors (Lipinski definition) is 3. The first-order valence-electron chi connectivity index (χ1n) is 7.80. The Morgan fingerprint density at radius 3 is 3.00 bits per heavy atom. The minimum Gasteiger partial charge on any atom is -0.354 e. The summed E-state index contributed by atoms with van der Waals surface area (Å²) in [4.78, 5) is 6.93. The molecular formula is C17H20FN3. The Balaban J connectivity index is 1.68. The summed E-state index contributed by atoms with van der Waals surface area (Å²) in [5, 5.41) is 5.70. The summed E-state index contributed by atoms with van der Waals surface area (Å²) in [6.07, 6.45) is 6.81. The Labute approximate surface area is 124 Å². The molecule has 0 aliphatic carbocycles. The van der Waals surface area contributed by atoms with Gasteiger partial charge in [-0.3, -0.25) is 0 Å². The summed E-state index contributed by atoms with van der Waals surface area (Å²) in [6, 6.07) is 6.85. The van der Waals surface area contributed by atoms with E-state index in [1.807, 2.05) is 12.1 Å². The molecule has 0 amide bonds. The second-order valence-electron chi connectivity index (χ2n) is 6.34. The van der Waals surface area contributed by atoms with Gasteiger partial charge in [0.05, 0.1) is 0 Å². The Bertz CT molecular complexity index is 664. The number of rotatable bonds is 1. The zero-order valence-corrected chi connectivity index (χ0v) is 12.1. The van der Waals surface area contributed by atoms with Crippen LogP contribution in [0.2, 0.25) is 0 Å². The van der Waals surface area contributed by atoms with Crippen LogP contribution in [0.3, 0.4) is 0 Å². The Hall–Kier alpha value is -1.68. The third-order valence-electron chi connectivity index (χ3n) is 4.94. The molecule has 1 N–H and O–H groups in total. The van der Waals surface area contributed by atoms with Gasteiger partial charge in [-0.05, 0) is 55.5 Å². The third-order valence-corrected chi connectivity index (χ3v) is 4.94. The van der Waals surface area contributed by atoms with Crippen LogP contribution >= 0.6 is 0 Å². The van der Waals surface area contributed by atoms with Crippen LogP contribution in [-0.4, -0.2) is 30.2 Å². The first-order valence-corrected chi connectivity index (χ1v) is 7.80. The molecule has 110 valence electrons. The number of hydrogen-bond donors (Lipinski definition) is 1. The third kappa shape index (κ3) is 2.27. The number of halogens is 1. The molecule has 2 aliphatic heterocycles. The summed E-state index contributed by atoms with van der Waals surface area (Å²) in [7, 11) is 0. The minimum atomic E-state index is -0.188. The fourth-order valence-corrected chi connectivity index (χ4v) is 3.82. The average molecular weight is 285 g/mol. The molecular weight excluding hydrogens is 265 g/mol. The van der Waals surface area contributed by atoms with Crippen molar-refractivity contribution in [2.24, 2.45) is 0 Å². The van der Waals surface area contributed by atoms with E-state index < -0.39 is 0 Å². The van der Waals surface area contributed by atoms with Crippen LogP contribution < -0.4 is 10.2 Å². The molecule has 2 saturated heterocycles. The summed E-state index contributed by atoms with van der Waals surface area (Å²) in [5.74, 6) is 0.809. The normalized spacial score (nSPS) is 25.9. The fraction of sp³-hybridized carbons (Fsp3) is 0.471. The minimum absolute atomic E-state index is 0.188. The Morgan fingerprint density at radius 2 is 2.14 bits per heavy atom. The largest absolute Gasteiger partial charge is 0.354 e. The van der Waals surface area contributed by atoms with Gasteiger partial charge in [0.1, 0.15) is 11.6 Å². The van der Waals surface area contributed by atoms with Crippen LogP contribution in [-0.2, 0) is 0 Å². The number of fused-ring (bicyclic) bond motifs is 1. The first kappa shape index (κ1) is 13.0. The van der Waals surface area contributed by atoms with E-state index in [0.29, 0.717) is 0 Å². The molecule has 1 aromatic carbocycles. The molecule has 2 aromatic rings. The molecule has 1 aromatic heterocycles. The van der Waals surface area contributed by atoms with Gasteiger partial charge < -0.3 is 10.2 Å². The van der Waals surface area contributed by atoms with Crippen LogP contribution in [0.15, 0.2) is 30.5 Å². The molecule has 2 aliphatic rings. The predicted octanol–water partition coefficient (Wildman–Crippen LogP) is 3.10. The van der Waals surface area contributed by atoms with Crippen molar-refractivity contribution in [3.63, 3.8) is 0 Å². The van der Waals surface area contributed by atoms with E-state index in [-0.39, 0.29) is 11.4 Å². The number of pyridine rings is 1. The lowest BCUT2D eigenvalue weighted by molar-refractivity contribution is 0.280. The molecule has 3 nitrogen and oxygen atoms in total. The summed E-state index contributed by atoms with van der Waals surface area (Å²) >= 11 is 0. The number of aromatic nitrogens is 1. The van der Waals surface area contributed by atoms with Crippen molar-refractivity contribution < 1.29 is 4.39 Å². The quantitative estimate of drug-likeness (QED) is 0.872. The number of nitrogens with one attached hydrogen (secondary N) is 1. The zero-order chi connectivity index (χ0) is 14.3. The zero-order valence-electron chi connectivity index (χ0n) is 12.1. The molecule has 0 radical (unpaired) electrons. The lowest BCUT2D eigenvalue weighted by Gasteiger charge is -2.35. The van der Waals surface area contributed by atoms with Gasteiger partial charge in [0, 0.05) is 30.2 Å². The van der Waals surface area contributed by atoms with Crippen molar-refractivity contribution in [3.8, 4) is 0 Å². The standard InChI is InChI=1S/C17H20FN3/c18-14-3-4-15-13(11-14)5-9-19-16(15)21-10-7-17(12-21)6-1-2-8-20-17/h3-5,9,11,20H,1-2,6-8,10,12H2. The van der Waals surface area contributed by atoms with Gasteiger partial charge in [-0.15, -0.1) is 0 Å². The first-order chi connectivity index (χ1) is 10.3. The molecule has 21 heavy (non-hydrogen) atoms. The second-order valence-corrected chi connectivity index (χ2v) is 6.34. The van der Waals surface area contributed by atoms with E-state index >= 15 is 0 Å². The Morgan fingerprint density at radius 1 is 1.19 bits per heavy atom. The number of anilines is 1. The van der Waals surface area contributed by atoms with Crippen LogP contribution in [0.1, 0.15) is 25.7 Å². The van der Waals surface area contributed by atoms with Gasteiger partial charge in [0.15, 0.2) is 0 Å². The SMILES string of the molecule is Fc1ccc2c(N3CCC4(CCCCN4)C3)nccc2c1. The summed E-state index contributed by atoms with van der Waals surface area (Å²) < 4.78 is 13.4. The van der Waals surface area contributed by atoms with Gasteiger partial charge >= 0.3 is 0 Å². The number of piperidine rings is 1. The highest BCUT2D eigenvalue weighted by Gasteiger charge is 2.39. The van der Waals surface area contributed by atoms with Crippen LogP contribution in [0.25, 0.3) is 10.8 Å². The van der Waals surface area contributed by atoms with Crippen molar-refractivity contribution in [2.45, 2.75) is 31.2 Å². The maximum Gasteiger partial charge on any atom is 0.136 e. The maximum absolute atomic E-state index is 13.4. The molecule has 3 heterocycles. The molecule has 0 saturated carbocycles. The predicted molar refractivity (Wildman–Crippen MR) is 83.1 cm³/mol. The highest BCUT2D eigenvalue weighted by molar-refractivity contribution is 5.92. The maximum atomic E-state index is 13.4. The Kier molecular flexibility index (Phi) is 3.07. The van der Waals surface area contributed by atoms with Crippen molar-refractivity contribution in [1.29, 1.82) is 0 Å². The summed E-state index contributed by atoms with van der Waals surface area (Å²) in [5.41, 5.74) is 0.266. The monoisotopic (exact) mass is 285 g/mol. The van der Waals surface area contributed by atoms with Gasteiger partial charge in [-0.2, -0.15) is 0 Å². The summed E-state index contributed by atoms with van der Waals surface area (Å²) in [6.45, 7) is 3.16. The van der Waals surface area contributed by atoms with Crippen LogP contribution in [0.4, 0.5) is 10.2 Å². The van der Waals surface area contributed by atoms with E-state index in [1.54, 1.807) is 12.3 Å². The number of benzene rings is 1. The molecule has 4 heteroatoms.